The standard InChI is InChI=1S/C20H18N2O4S/c1-12-18(24)22(14-8-10-15(26-3)11-9-14)20(27-12)16-6-4-5-7-17(16)21(13(2)23)19(20)25/h4-12H,1-3H3. The number of fused-ring (bicyclic) bond motifs is 2. The first-order valence-corrected chi connectivity index (χ1v) is 9.40. The van der Waals surface area contributed by atoms with Crippen LogP contribution in [0.15, 0.2) is 48.5 Å². The zero-order valence-electron chi connectivity index (χ0n) is 15.1. The van der Waals surface area contributed by atoms with Crippen LogP contribution in [0.2, 0.25) is 0 Å². The van der Waals surface area contributed by atoms with Crippen LogP contribution in [-0.4, -0.2) is 30.1 Å². The molecule has 1 fully saturated rings. The van der Waals surface area contributed by atoms with Gasteiger partial charge in [0.25, 0.3) is 5.91 Å². The Morgan fingerprint density at radius 2 is 1.78 bits per heavy atom. The first-order chi connectivity index (χ1) is 12.9. The second kappa shape index (κ2) is 6.13. The van der Waals surface area contributed by atoms with Crippen molar-refractivity contribution in [2.75, 3.05) is 16.9 Å². The summed E-state index contributed by atoms with van der Waals surface area (Å²) in [6.45, 7) is 3.14. The highest BCUT2D eigenvalue weighted by Crippen LogP contribution is 2.57. The molecule has 2 aliphatic heterocycles. The van der Waals surface area contributed by atoms with Gasteiger partial charge in [-0.3, -0.25) is 19.3 Å². The van der Waals surface area contributed by atoms with Crippen LogP contribution >= 0.6 is 11.8 Å². The topological polar surface area (TPSA) is 66.9 Å². The fourth-order valence-electron chi connectivity index (χ4n) is 3.71. The number of imide groups is 1. The molecular weight excluding hydrogens is 364 g/mol. The zero-order valence-corrected chi connectivity index (χ0v) is 15.9. The second-order valence-corrected chi connectivity index (χ2v) is 7.99. The van der Waals surface area contributed by atoms with Crippen LogP contribution in [0.5, 0.6) is 5.75 Å². The van der Waals surface area contributed by atoms with E-state index < -0.39 is 16.0 Å². The van der Waals surface area contributed by atoms with Gasteiger partial charge in [-0.15, -0.1) is 11.8 Å². The van der Waals surface area contributed by atoms with Gasteiger partial charge in [0, 0.05) is 18.2 Å². The van der Waals surface area contributed by atoms with Crippen molar-refractivity contribution in [1.82, 2.24) is 0 Å². The maximum atomic E-state index is 13.5. The number of methoxy groups -OCH3 is 1. The van der Waals surface area contributed by atoms with Crippen LogP contribution in [0.3, 0.4) is 0 Å². The van der Waals surface area contributed by atoms with E-state index in [0.717, 1.165) is 0 Å². The summed E-state index contributed by atoms with van der Waals surface area (Å²) in [4.78, 5) is 40.2. The van der Waals surface area contributed by atoms with Crippen molar-refractivity contribution >= 4 is 40.9 Å². The minimum atomic E-state index is -1.28. The van der Waals surface area contributed by atoms with Crippen molar-refractivity contribution in [3.05, 3.63) is 54.1 Å². The third-order valence-electron chi connectivity index (χ3n) is 4.88. The van der Waals surface area contributed by atoms with Gasteiger partial charge in [-0.05, 0) is 37.3 Å². The number of carbonyl (C=O) groups excluding carboxylic acids is 3. The number of nitrogens with zero attached hydrogens (tertiary/aromatic N) is 2. The summed E-state index contributed by atoms with van der Waals surface area (Å²) in [6.07, 6.45) is 0. The number of hydrogen-bond acceptors (Lipinski definition) is 5. The lowest BCUT2D eigenvalue weighted by molar-refractivity contribution is -0.128. The number of anilines is 2. The van der Waals surface area contributed by atoms with Gasteiger partial charge in [0.15, 0.2) is 0 Å². The summed E-state index contributed by atoms with van der Waals surface area (Å²) in [5, 5.41) is -0.420. The van der Waals surface area contributed by atoms with Gasteiger partial charge in [0.1, 0.15) is 5.75 Å². The lowest BCUT2D eigenvalue weighted by Gasteiger charge is -2.32. The number of carbonyl (C=O) groups is 3. The van der Waals surface area contributed by atoms with Crippen molar-refractivity contribution < 1.29 is 19.1 Å². The van der Waals surface area contributed by atoms with E-state index in [-0.39, 0.29) is 11.8 Å². The molecule has 7 heteroatoms. The van der Waals surface area contributed by atoms with Crippen molar-refractivity contribution in [3.63, 3.8) is 0 Å². The average molecular weight is 382 g/mol. The van der Waals surface area contributed by atoms with E-state index in [1.807, 2.05) is 12.1 Å². The molecule has 2 atom stereocenters. The molecule has 2 aromatic carbocycles. The second-order valence-electron chi connectivity index (χ2n) is 6.45. The van der Waals surface area contributed by atoms with Gasteiger partial charge in [-0.2, -0.15) is 0 Å². The summed E-state index contributed by atoms with van der Waals surface area (Å²) >= 11 is 1.27. The number of benzene rings is 2. The molecule has 3 amide bonds. The highest BCUT2D eigenvalue weighted by molar-refractivity contribution is 8.03. The Hall–Kier alpha value is -2.80. The van der Waals surface area contributed by atoms with Crippen LogP contribution in [0.25, 0.3) is 0 Å². The van der Waals surface area contributed by atoms with Crippen LogP contribution in [0.1, 0.15) is 19.4 Å². The lowest BCUT2D eigenvalue weighted by atomic mass is 10.0. The van der Waals surface area contributed by atoms with Crippen LogP contribution in [0, 0.1) is 0 Å². The molecule has 0 bridgehead atoms. The van der Waals surface area contributed by atoms with Crippen molar-refractivity contribution in [1.29, 1.82) is 0 Å². The van der Waals surface area contributed by atoms with Crippen molar-refractivity contribution in [3.8, 4) is 5.75 Å². The number of ether oxygens (including phenoxy) is 1. The molecule has 2 aromatic rings. The van der Waals surface area contributed by atoms with Crippen molar-refractivity contribution in [2.24, 2.45) is 0 Å². The van der Waals surface area contributed by atoms with Gasteiger partial charge >= 0.3 is 0 Å². The number of amides is 3. The molecule has 0 aliphatic carbocycles. The van der Waals surface area contributed by atoms with Crippen LogP contribution in [0.4, 0.5) is 11.4 Å². The lowest BCUT2D eigenvalue weighted by Crippen LogP contribution is -2.50. The third kappa shape index (κ3) is 2.31. The van der Waals surface area contributed by atoms with E-state index in [9.17, 15) is 14.4 Å². The molecule has 0 saturated carbocycles. The molecule has 2 aliphatic rings. The Morgan fingerprint density at radius 3 is 2.41 bits per heavy atom. The zero-order chi connectivity index (χ0) is 19.3. The average Bonchev–Trinajstić information content (AvgIpc) is 3.07. The minimum Gasteiger partial charge on any atom is -0.497 e. The molecule has 1 spiro atoms. The Labute approximate surface area is 161 Å². The Kier molecular flexibility index (Phi) is 3.99. The molecule has 0 N–H and O–H groups in total. The Bertz CT molecular complexity index is 959. The van der Waals surface area contributed by atoms with E-state index >= 15 is 0 Å². The molecule has 0 aromatic heterocycles. The van der Waals surface area contributed by atoms with Gasteiger partial charge in [0.05, 0.1) is 18.0 Å². The summed E-state index contributed by atoms with van der Waals surface area (Å²) in [5.74, 6) is -0.288. The Morgan fingerprint density at radius 1 is 1.11 bits per heavy atom. The molecule has 6 nitrogen and oxygen atoms in total. The molecule has 27 heavy (non-hydrogen) atoms. The summed E-state index contributed by atoms with van der Waals surface area (Å²) in [7, 11) is 1.57. The smallest absolute Gasteiger partial charge is 0.275 e. The van der Waals surface area contributed by atoms with E-state index in [2.05, 4.69) is 0 Å². The van der Waals surface area contributed by atoms with E-state index in [0.29, 0.717) is 22.7 Å². The van der Waals surface area contributed by atoms with E-state index in [1.165, 1.54) is 28.5 Å². The highest BCUT2D eigenvalue weighted by Gasteiger charge is 2.63. The number of hydrogen-bond donors (Lipinski definition) is 0. The molecule has 2 unspecified atom stereocenters. The van der Waals surface area contributed by atoms with Gasteiger partial charge < -0.3 is 4.74 Å². The molecule has 1 saturated heterocycles. The summed E-state index contributed by atoms with van der Waals surface area (Å²) in [5.41, 5.74) is 1.78. The first-order valence-electron chi connectivity index (χ1n) is 8.52. The maximum absolute atomic E-state index is 13.5. The largest absolute Gasteiger partial charge is 0.497 e. The van der Waals surface area contributed by atoms with Gasteiger partial charge in [-0.1, -0.05) is 18.2 Å². The molecule has 4 rings (SSSR count). The monoisotopic (exact) mass is 382 g/mol. The van der Waals surface area contributed by atoms with E-state index in [4.69, 9.17) is 4.74 Å². The Balaban J connectivity index is 1.95. The number of thioether (sulfide) groups is 1. The van der Waals surface area contributed by atoms with E-state index in [1.54, 1.807) is 50.4 Å². The number of para-hydroxylation sites is 1. The maximum Gasteiger partial charge on any atom is 0.275 e. The predicted molar refractivity (Wildman–Crippen MR) is 104 cm³/mol. The van der Waals surface area contributed by atoms with Crippen molar-refractivity contribution in [2.45, 2.75) is 24.0 Å². The van der Waals surface area contributed by atoms with Gasteiger partial charge in [0.2, 0.25) is 16.7 Å². The van der Waals surface area contributed by atoms with Crippen LogP contribution in [-0.2, 0) is 19.3 Å². The molecule has 2 heterocycles. The fraction of sp³-hybridized carbons (Fsp3) is 0.250. The van der Waals surface area contributed by atoms with Gasteiger partial charge in [-0.25, -0.2) is 4.90 Å². The third-order valence-corrected chi connectivity index (χ3v) is 6.35. The quantitative estimate of drug-likeness (QED) is 0.799. The molecular formula is C20H18N2O4S. The number of rotatable bonds is 2. The first kappa shape index (κ1) is 17.6. The minimum absolute atomic E-state index is 0.168. The SMILES string of the molecule is COc1ccc(N2C(=O)C(C)SC23C(=O)N(C(C)=O)c2ccccc23)cc1. The predicted octanol–water partition coefficient (Wildman–Crippen LogP) is 2.91. The molecule has 0 radical (unpaired) electrons. The van der Waals surface area contributed by atoms with Crippen LogP contribution < -0.4 is 14.5 Å². The summed E-state index contributed by atoms with van der Waals surface area (Å²) < 4.78 is 5.19. The summed E-state index contributed by atoms with van der Waals surface area (Å²) in [6, 6.07) is 14.2. The highest BCUT2D eigenvalue weighted by atomic mass is 32.2. The molecule has 138 valence electrons. The normalized spacial score (nSPS) is 23.9. The fourth-order valence-corrected chi connectivity index (χ4v) is 5.22.